The molecule has 0 bridgehead atoms. The van der Waals surface area contributed by atoms with Gasteiger partial charge in [0, 0.05) is 18.0 Å². The van der Waals surface area contributed by atoms with Crippen LogP contribution in [0.4, 0.5) is 5.82 Å². The Labute approximate surface area is 133 Å². The third-order valence-corrected chi connectivity index (χ3v) is 5.15. The molecule has 0 amide bonds. The van der Waals surface area contributed by atoms with Gasteiger partial charge in [-0.05, 0) is 24.5 Å². The third kappa shape index (κ3) is 2.46. The second-order valence-electron chi connectivity index (χ2n) is 5.63. The van der Waals surface area contributed by atoms with Gasteiger partial charge >= 0.3 is 0 Å². The van der Waals surface area contributed by atoms with Gasteiger partial charge in [-0.15, -0.1) is 11.3 Å². The molecule has 112 valence electrons. The van der Waals surface area contributed by atoms with Gasteiger partial charge in [-0.1, -0.05) is 30.3 Å². The minimum atomic E-state index is -0.258. The summed E-state index contributed by atoms with van der Waals surface area (Å²) in [6.45, 7) is 1.60. The van der Waals surface area contributed by atoms with Gasteiger partial charge in [-0.2, -0.15) is 0 Å². The predicted octanol–water partition coefficient (Wildman–Crippen LogP) is 3.32. The Hall–Kier alpha value is -1.98. The van der Waals surface area contributed by atoms with Crippen LogP contribution in [0.5, 0.6) is 0 Å². The number of benzene rings is 1. The number of hydrogen-bond acceptors (Lipinski definition) is 5. The zero-order chi connectivity index (χ0) is 14.9. The molecule has 1 fully saturated rings. The highest BCUT2D eigenvalue weighted by atomic mass is 32.1. The highest BCUT2D eigenvalue weighted by Crippen LogP contribution is 2.36. The van der Waals surface area contributed by atoms with E-state index < -0.39 is 0 Å². The second kappa shape index (κ2) is 5.66. The summed E-state index contributed by atoms with van der Waals surface area (Å²) >= 11 is 1.69. The van der Waals surface area contributed by atoms with Crippen molar-refractivity contribution in [2.45, 2.75) is 18.9 Å². The highest BCUT2D eigenvalue weighted by molar-refractivity contribution is 7.21. The molecule has 1 aliphatic rings. The second-order valence-corrected chi connectivity index (χ2v) is 6.67. The Morgan fingerprint density at radius 3 is 2.86 bits per heavy atom. The molecule has 0 saturated carbocycles. The number of β-amino-alcohol motifs (C(OH)–C–C–N with tert-alkyl or cyclic N) is 1. The van der Waals surface area contributed by atoms with E-state index in [1.165, 1.54) is 10.4 Å². The summed E-state index contributed by atoms with van der Waals surface area (Å²) < 4.78 is 0. The molecule has 22 heavy (non-hydrogen) atoms. The summed E-state index contributed by atoms with van der Waals surface area (Å²) in [7, 11) is 0. The topological polar surface area (TPSA) is 49.2 Å². The molecule has 1 N–H and O–H groups in total. The van der Waals surface area contributed by atoms with Gasteiger partial charge in [0.05, 0.1) is 11.5 Å². The van der Waals surface area contributed by atoms with E-state index in [0.29, 0.717) is 6.54 Å². The fraction of sp³-hybridized carbons (Fsp3) is 0.294. The number of fused-ring (bicyclic) bond motifs is 1. The van der Waals surface area contributed by atoms with Crippen LogP contribution in [0, 0.1) is 0 Å². The van der Waals surface area contributed by atoms with Crippen LogP contribution in [0.25, 0.3) is 20.7 Å². The molecular formula is C17H17N3OS. The van der Waals surface area contributed by atoms with Crippen LogP contribution in [0.3, 0.4) is 0 Å². The van der Waals surface area contributed by atoms with Crippen LogP contribution < -0.4 is 4.90 Å². The van der Waals surface area contributed by atoms with Gasteiger partial charge in [0.2, 0.25) is 0 Å². The number of aromatic nitrogens is 2. The van der Waals surface area contributed by atoms with Crippen molar-refractivity contribution >= 4 is 27.4 Å². The zero-order valence-corrected chi connectivity index (χ0v) is 13.0. The maximum atomic E-state index is 9.91. The van der Waals surface area contributed by atoms with Crippen LogP contribution in [0.1, 0.15) is 12.8 Å². The summed E-state index contributed by atoms with van der Waals surface area (Å²) in [6, 6.07) is 12.5. The van der Waals surface area contributed by atoms with Gasteiger partial charge in [-0.25, -0.2) is 9.97 Å². The molecule has 4 nitrogen and oxygen atoms in total. The van der Waals surface area contributed by atoms with Crippen molar-refractivity contribution in [2.24, 2.45) is 0 Å². The molecule has 5 heteroatoms. The largest absolute Gasteiger partial charge is 0.391 e. The average molecular weight is 311 g/mol. The van der Waals surface area contributed by atoms with E-state index in [1.54, 1.807) is 17.7 Å². The fourth-order valence-corrected chi connectivity index (χ4v) is 3.99. The maximum absolute atomic E-state index is 9.91. The first-order valence-corrected chi connectivity index (χ1v) is 8.36. The lowest BCUT2D eigenvalue weighted by atomic mass is 10.1. The first-order chi connectivity index (χ1) is 10.8. The number of piperidine rings is 1. The standard InChI is InChI=1S/C17H17N3OS/c21-13-7-4-8-20(10-13)16-14-9-15(12-5-2-1-3-6-12)22-17(14)19-11-18-16/h1-3,5-6,9,11,13,21H,4,7-8,10H2. The Bertz CT molecular complexity index is 787. The Morgan fingerprint density at radius 1 is 1.18 bits per heavy atom. The lowest BCUT2D eigenvalue weighted by molar-refractivity contribution is 0.154. The summed E-state index contributed by atoms with van der Waals surface area (Å²) in [6.07, 6.45) is 3.25. The van der Waals surface area contributed by atoms with Gasteiger partial charge in [-0.3, -0.25) is 0 Å². The van der Waals surface area contributed by atoms with E-state index in [2.05, 4.69) is 33.1 Å². The van der Waals surface area contributed by atoms with Crippen LogP contribution in [-0.4, -0.2) is 34.3 Å². The van der Waals surface area contributed by atoms with Crippen molar-refractivity contribution in [1.82, 2.24) is 9.97 Å². The summed E-state index contributed by atoms with van der Waals surface area (Å²) in [5.41, 5.74) is 1.20. The Morgan fingerprint density at radius 2 is 2.05 bits per heavy atom. The van der Waals surface area contributed by atoms with E-state index in [0.717, 1.165) is 35.4 Å². The molecule has 0 spiro atoms. The molecular weight excluding hydrogens is 294 g/mol. The average Bonchev–Trinajstić information content (AvgIpc) is 3.00. The molecule has 4 rings (SSSR count). The van der Waals surface area contributed by atoms with E-state index >= 15 is 0 Å². The number of aliphatic hydroxyl groups is 1. The zero-order valence-electron chi connectivity index (χ0n) is 12.1. The first kappa shape index (κ1) is 13.7. The maximum Gasteiger partial charge on any atom is 0.140 e. The monoisotopic (exact) mass is 311 g/mol. The number of hydrogen-bond donors (Lipinski definition) is 1. The fourth-order valence-electron chi connectivity index (χ4n) is 2.99. The van der Waals surface area contributed by atoms with Crippen LogP contribution >= 0.6 is 11.3 Å². The van der Waals surface area contributed by atoms with Gasteiger partial charge in [0.25, 0.3) is 0 Å². The molecule has 1 aromatic carbocycles. The smallest absolute Gasteiger partial charge is 0.140 e. The minimum absolute atomic E-state index is 0.258. The van der Waals surface area contributed by atoms with Crippen LogP contribution in [0.2, 0.25) is 0 Å². The number of anilines is 1. The number of thiophene rings is 1. The van der Waals surface area contributed by atoms with Crippen LogP contribution in [-0.2, 0) is 0 Å². The quantitative estimate of drug-likeness (QED) is 0.789. The van der Waals surface area contributed by atoms with Crippen molar-refractivity contribution in [3.63, 3.8) is 0 Å². The number of rotatable bonds is 2. The highest BCUT2D eigenvalue weighted by Gasteiger charge is 2.21. The van der Waals surface area contributed by atoms with Crippen LogP contribution in [0.15, 0.2) is 42.7 Å². The lowest BCUT2D eigenvalue weighted by Crippen LogP contribution is -2.38. The van der Waals surface area contributed by atoms with E-state index in [1.807, 2.05) is 18.2 Å². The molecule has 3 aromatic rings. The summed E-state index contributed by atoms with van der Waals surface area (Å²) in [5, 5.41) is 11.0. The summed E-state index contributed by atoms with van der Waals surface area (Å²) in [4.78, 5) is 13.3. The first-order valence-electron chi connectivity index (χ1n) is 7.54. The molecule has 1 aliphatic heterocycles. The van der Waals surface area contributed by atoms with Crippen molar-refractivity contribution in [1.29, 1.82) is 0 Å². The third-order valence-electron chi connectivity index (χ3n) is 4.06. The van der Waals surface area contributed by atoms with Gasteiger partial charge < -0.3 is 10.0 Å². The van der Waals surface area contributed by atoms with Crippen molar-refractivity contribution in [2.75, 3.05) is 18.0 Å². The molecule has 1 saturated heterocycles. The molecule has 0 aliphatic carbocycles. The molecule has 1 atom stereocenters. The Kier molecular flexibility index (Phi) is 3.52. The Balaban J connectivity index is 1.78. The molecule has 0 radical (unpaired) electrons. The summed E-state index contributed by atoms with van der Waals surface area (Å²) in [5.74, 6) is 0.946. The van der Waals surface area contributed by atoms with E-state index in [-0.39, 0.29) is 6.10 Å². The SMILES string of the molecule is OC1CCCN(c2ncnc3sc(-c4ccccc4)cc23)C1. The van der Waals surface area contributed by atoms with Crippen molar-refractivity contribution in [3.05, 3.63) is 42.7 Å². The molecule has 1 unspecified atom stereocenters. The van der Waals surface area contributed by atoms with Crippen molar-refractivity contribution in [3.8, 4) is 10.4 Å². The number of nitrogens with zero attached hydrogens (tertiary/aromatic N) is 3. The van der Waals surface area contributed by atoms with E-state index in [4.69, 9.17) is 0 Å². The predicted molar refractivity (Wildman–Crippen MR) is 90.3 cm³/mol. The van der Waals surface area contributed by atoms with Gasteiger partial charge in [0.15, 0.2) is 0 Å². The lowest BCUT2D eigenvalue weighted by Gasteiger charge is -2.31. The van der Waals surface area contributed by atoms with Gasteiger partial charge in [0.1, 0.15) is 17.0 Å². The normalized spacial score (nSPS) is 18.8. The molecule has 2 aromatic heterocycles. The molecule has 3 heterocycles. The number of aliphatic hydroxyl groups excluding tert-OH is 1. The minimum Gasteiger partial charge on any atom is -0.391 e. The van der Waals surface area contributed by atoms with Crippen molar-refractivity contribution < 1.29 is 5.11 Å². The van der Waals surface area contributed by atoms with E-state index in [9.17, 15) is 5.11 Å².